The highest BCUT2D eigenvalue weighted by molar-refractivity contribution is 7.80. The molecule has 2 fully saturated rings. The fourth-order valence-corrected chi connectivity index (χ4v) is 3.46. The maximum atomic E-state index is 11.6. The smallest absolute Gasteiger partial charge is 0.407 e. The molecule has 9 heteroatoms. The van der Waals surface area contributed by atoms with Gasteiger partial charge in [-0.25, -0.2) is 4.79 Å². The second-order valence-electron chi connectivity index (χ2n) is 6.72. The topological polar surface area (TPSA) is 84.1 Å². The van der Waals surface area contributed by atoms with Gasteiger partial charge in [-0.3, -0.25) is 0 Å². The number of carbonyl (C=O) groups is 1. The van der Waals surface area contributed by atoms with Crippen molar-refractivity contribution in [2.24, 2.45) is 0 Å². The minimum Gasteiger partial charge on any atom is -0.441 e. The normalized spacial score (nSPS) is 26.2. The van der Waals surface area contributed by atoms with E-state index in [0.717, 1.165) is 11.4 Å². The van der Waals surface area contributed by atoms with Crippen LogP contribution in [0.15, 0.2) is 24.3 Å². The second kappa shape index (κ2) is 8.73. The number of rotatable bonds is 5. The summed E-state index contributed by atoms with van der Waals surface area (Å²) in [5.74, 6) is 0. The van der Waals surface area contributed by atoms with Gasteiger partial charge in [-0.15, -0.1) is 0 Å². The van der Waals surface area contributed by atoms with Crippen molar-refractivity contribution >= 4 is 34.8 Å². The van der Waals surface area contributed by atoms with Gasteiger partial charge in [0.1, 0.15) is 12.2 Å². The predicted octanol–water partition coefficient (Wildman–Crippen LogP) is 1.32. The Kier molecular flexibility index (Phi) is 6.35. The number of hydrogen-bond acceptors (Lipinski definition) is 6. The number of benzene rings is 1. The van der Waals surface area contributed by atoms with E-state index in [9.17, 15) is 4.79 Å². The third-order valence-electron chi connectivity index (χ3n) is 4.55. The predicted molar refractivity (Wildman–Crippen MR) is 107 cm³/mol. The molecular formula is C18H26N4O4S. The molecule has 0 bridgehead atoms. The van der Waals surface area contributed by atoms with Crippen LogP contribution >= 0.6 is 12.2 Å². The average molecular weight is 394 g/mol. The first-order valence-corrected chi connectivity index (χ1v) is 9.41. The molecule has 0 unspecified atom stereocenters. The Morgan fingerprint density at radius 1 is 1.22 bits per heavy atom. The fourth-order valence-electron chi connectivity index (χ4n) is 3.19. The molecule has 0 saturated carbocycles. The zero-order chi connectivity index (χ0) is 19.4. The summed E-state index contributed by atoms with van der Waals surface area (Å²) in [5, 5.41) is 9.52. The Labute approximate surface area is 164 Å². The van der Waals surface area contributed by atoms with E-state index in [1.165, 1.54) is 0 Å². The summed E-state index contributed by atoms with van der Waals surface area (Å²) in [6, 6.07) is 7.88. The number of nitrogens with zero attached hydrogens (tertiary/aromatic N) is 1. The Bertz CT molecular complexity index is 670. The molecule has 1 aromatic rings. The lowest BCUT2D eigenvalue weighted by Crippen LogP contribution is -2.46. The van der Waals surface area contributed by atoms with Crippen LogP contribution in [0, 0.1) is 0 Å². The molecule has 3 rings (SSSR count). The van der Waals surface area contributed by atoms with E-state index in [1.54, 1.807) is 0 Å². The van der Waals surface area contributed by atoms with Crippen molar-refractivity contribution in [3.05, 3.63) is 24.3 Å². The van der Waals surface area contributed by atoms with Gasteiger partial charge in [0.25, 0.3) is 0 Å². The number of alkyl carbamates (subject to hydrolysis) is 1. The van der Waals surface area contributed by atoms with Gasteiger partial charge >= 0.3 is 6.09 Å². The molecule has 1 aromatic carbocycles. The van der Waals surface area contributed by atoms with Crippen molar-refractivity contribution in [2.75, 3.05) is 44.1 Å². The summed E-state index contributed by atoms with van der Waals surface area (Å²) < 4.78 is 16.9. The molecule has 2 aliphatic rings. The molecular weight excluding hydrogens is 368 g/mol. The highest BCUT2D eigenvalue weighted by Crippen LogP contribution is 2.29. The quantitative estimate of drug-likeness (QED) is 0.645. The summed E-state index contributed by atoms with van der Waals surface area (Å²) in [7, 11) is 3.99. The minimum absolute atomic E-state index is 0.0983. The van der Waals surface area contributed by atoms with E-state index in [2.05, 4.69) is 16.0 Å². The van der Waals surface area contributed by atoms with E-state index in [4.69, 9.17) is 26.4 Å². The standard InChI is InChI=1S/C18H26N4O4S/c1-4-19-18(23)26-14-10-25-15-13(9-24-16(14)15)21-17(27)20-11-5-7-12(8-6-11)22(2)3/h5-8,13-16H,4,9-10H2,1-3H3,(H,19,23)(H2,20,21,27)/t13-,14-,15-,16+/m0/s1. The van der Waals surface area contributed by atoms with Crippen LogP contribution in [0.1, 0.15) is 6.92 Å². The van der Waals surface area contributed by atoms with Gasteiger partial charge in [0, 0.05) is 32.0 Å². The van der Waals surface area contributed by atoms with Gasteiger partial charge < -0.3 is 35.1 Å². The van der Waals surface area contributed by atoms with Crippen LogP contribution in [-0.4, -0.2) is 69.4 Å². The molecule has 0 aromatic heterocycles. The molecule has 2 aliphatic heterocycles. The zero-order valence-electron chi connectivity index (χ0n) is 15.7. The van der Waals surface area contributed by atoms with Gasteiger partial charge in [-0.1, -0.05) is 0 Å². The third-order valence-corrected chi connectivity index (χ3v) is 4.77. The van der Waals surface area contributed by atoms with Crippen molar-refractivity contribution in [1.82, 2.24) is 10.6 Å². The molecule has 8 nitrogen and oxygen atoms in total. The Hall–Kier alpha value is -2.10. The largest absolute Gasteiger partial charge is 0.441 e. The maximum Gasteiger partial charge on any atom is 0.407 e. The molecule has 0 spiro atoms. The van der Waals surface area contributed by atoms with Crippen molar-refractivity contribution in [3.8, 4) is 0 Å². The number of thiocarbonyl (C=S) groups is 1. The lowest BCUT2D eigenvalue weighted by atomic mass is 10.1. The van der Waals surface area contributed by atoms with Crippen LogP contribution in [-0.2, 0) is 14.2 Å². The molecule has 1 amide bonds. The lowest BCUT2D eigenvalue weighted by molar-refractivity contribution is 0.00425. The van der Waals surface area contributed by atoms with Crippen LogP contribution in [0.5, 0.6) is 0 Å². The van der Waals surface area contributed by atoms with Crippen molar-refractivity contribution in [2.45, 2.75) is 31.3 Å². The second-order valence-corrected chi connectivity index (χ2v) is 7.12. The number of nitrogens with one attached hydrogen (secondary N) is 3. The SMILES string of the molecule is CCNC(=O)O[C@H]1CO[C@@H]2[C@@H]1OC[C@@H]2NC(=S)Nc1ccc(N(C)C)cc1. The van der Waals surface area contributed by atoms with Gasteiger partial charge in [0.05, 0.1) is 19.3 Å². The summed E-state index contributed by atoms with van der Waals surface area (Å²) in [5.41, 5.74) is 2.02. The fraction of sp³-hybridized carbons (Fsp3) is 0.556. The summed E-state index contributed by atoms with van der Waals surface area (Å²) >= 11 is 5.41. The summed E-state index contributed by atoms with van der Waals surface area (Å²) in [6.07, 6.45) is -1.36. The van der Waals surface area contributed by atoms with Crippen LogP contribution in [0.2, 0.25) is 0 Å². The van der Waals surface area contributed by atoms with Crippen LogP contribution in [0.3, 0.4) is 0 Å². The minimum atomic E-state index is -0.454. The Morgan fingerprint density at radius 2 is 1.93 bits per heavy atom. The van der Waals surface area contributed by atoms with Crippen LogP contribution in [0.4, 0.5) is 16.2 Å². The summed E-state index contributed by atoms with van der Waals surface area (Å²) in [6.45, 7) is 3.10. The van der Waals surface area contributed by atoms with Gasteiger partial charge in [-0.2, -0.15) is 0 Å². The van der Waals surface area contributed by atoms with Gasteiger partial charge in [-0.05, 0) is 43.4 Å². The van der Waals surface area contributed by atoms with E-state index < -0.39 is 12.2 Å². The van der Waals surface area contributed by atoms with Gasteiger partial charge in [0.15, 0.2) is 11.2 Å². The first-order chi connectivity index (χ1) is 13.0. The number of ether oxygens (including phenoxy) is 3. The third kappa shape index (κ3) is 4.79. The molecule has 4 atom stereocenters. The van der Waals surface area contributed by atoms with Gasteiger partial charge in [0.2, 0.25) is 0 Å². The Balaban J connectivity index is 1.50. The molecule has 0 radical (unpaired) electrons. The molecule has 2 saturated heterocycles. The molecule has 2 heterocycles. The highest BCUT2D eigenvalue weighted by Gasteiger charge is 2.49. The highest BCUT2D eigenvalue weighted by atomic mass is 32.1. The molecule has 27 heavy (non-hydrogen) atoms. The van der Waals surface area contributed by atoms with Crippen molar-refractivity contribution in [3.63, 3.8) is 0 Å². The van der Waals surface area contributed by atoms with E-state index in [-0.39, 0.29) is 18.2 Å². The maximum absolute atomic E-state index is 11.6. The Morgan fingerprint density at radius 3 is 2.59 bits per heavy atom. The number of anilines is 2. The first-order valence-electron chi connectivity index (χ1n) is 9.00. The van der Waals surface area contributed by atoms with Crippen molar-refractivity contribution in [1.29, 1.82) is 0 Å². The molecule has 0 aliphatic carbocycles. The lowest BCUT2D eigenvalue weighted by Gasteiger charge is -2.20. The van der Waals surface area contributed by atoms with E-state index >= 15 is 0 Å². The average Bonchev–Trinajstić information content (AvgIpc) is 3.19. The van der Waals surface area contributed by atoms with Crippen molar-refractivity contribution < 1.29 is 19.0 Å². The first kappa shape index (κ1) is 19.7. The number of carbonyl (C=O) groups excluding carboxylic acids is 1. The summed E-state index contributed by atoms with van der Waals surface area (Å²) in [4.78, 5) is 13.7. The van der Waals surface area contributed by atoms with E-state index in [1.807, 2.05) is 50.2 Å². The van der Waals surface area contributed by atoms with E-state index in [0.29, 0.717) is 24.9 Å². The number of hydrogen-bond donors (Lipinski definition) is 3. The number of amides is 1. The van der Waals surface area contributed by atoms with Crippen LogP contribution < -0.4 is 20.9 Å². The molecule has 3 N–H and O–H groups in total. The monoisotopic (exact) mass is 394 g/mol. The zero-order valence-corrected chi connectivity index (χ0v) is 16.5. The van der Waals surface area contributed by atoms with Crippen LogP contribution in [0.25, 0.3) is 0 Å². The molecule has 148 valence electrons. The number of fused-ring (bicyclic) bond motifs is 1.